The Morgan fingerprint density at radius 2 is 2.05 bits per heavy atom. The number of phenols is 1. The van der Waals surface area contributed by atoms with Crippen molar-refractivity contribution in [3.8, 4) is 22.8 Å². The van der Waals surface area contributed by atoms with Gasteiger partial charge in [0.25, 0.3) is 5.88 Å². The molecule has 1 aromatic heterocycles. The summed E-state index contributed by atoms with van der Waals surface area (Å²) in [5.74, 6) is -0.507. The highest BCUT2D eigenvalue weighted by atomic mass is 35.5. The number of hydrogen-bond acceptors (Lipinski definition) is 6. The molecule has 0 spiro atoms. The SMILES string of the molecule is CN1CCC[C@H]1COc1nc2c(F)c(-c3cc(O)cc4ccccc34)c(Cl)cc2n(CC2CNC2)c1=O. The second kappa shape index (κ2) is 9.59. The first-order valence-electron chi connectivity index (χ1n) is 12.6. The second-order valence-corrected chi connectivity index (χ2v) is 10.5. The highest BCUT2D eigenvalue weighted by molar-refractivity contribution is 6.34. The van der Waals surface area contributed by atoms with Crippen LogP contribution in [0.15, 0.2) is 47.3 Å². The summed E-state index contributed by atoms with van der Waals surface area (Å²) in [5, 5.41) is 15.2. The maximum absolute atomic E-state index is 16.4. The standard InChI is InChI=1S/C28H28ClFN4O3/c1-33-8-4-6-18(33)15-37-27-28(36)34(14-16-12-31-13-16)23-11-22(29)24(25(30)26(23)32-27)21-10-19(35)9-17-5-2-3-7-20(17)21/h2-3,5,7,9-11,16,18,31,35H,4,6,8,12-15H2,1H3/t18-/m0/s1. The number of likely N-dealkylation sites (N-methyl/N-ethyl adjacent to an activating group) is 1. The lowest BCUT2D eigenvalue weighted by atomic mass is 9.96. The molecule has 192 valence electrons. The van der Waals surface area contributed by atoms with Crippen molar-refractivity contribution in [1.29, 1.82) is 0 Å². The molecule has 37 heavy (non-hydrogen) atoms. The molecule has 0 bridgehead atoms. The van der Waals surface area contributed by atoms with E-state index in [1.807, 2.05) is 31.3 Å². The Labute approximate surface area is 218 Å². The van der Waals surface area contributed by atoms with E-state index in [0.29, 0.717) is 24.2 Å². The van der Waals surface area contributed by atoms with Crippen LogP contribution >= 0.6 is 11.6 Å². The fourth-order valence-corrected chi connectivity index (χ4v) is 5.70. The van der Waals surface area contributed by atoms with Crippen molar-refractivity contribution in [3.63, 3.8) is 0 Å². The van der Waals surface area contributed by atoms with Gasteiger partial charge in [0.15, 0.2) is 5.82 Å². The van der Waals surface area contributed by atoms with Crippen LogP contribution < -0.4 is 15.6 Å². The Morgan fingerprint density at radius 3 is 2.78 bits per heavy atom. The Balaban J connectivity index is 1.53. The number of likely N-dealkylation sites (tertiary alicyclic amines) is 1. The number of fused-ring (bicyclic) bond motifs is 2. The van der Waals surface area contributed by atoms with E-state index in [1.165, 1.54) is 6.07 Å². The zero-order chi connectivity index (χ0) is 25.7. The topological polar surface area (TPSA) is 79.6 Å². The van der Waals surface area contributed by atoms with Crippen LogP contribution in [0.1, 0.15) is 12.8 Å². The number of aromatic hydroxyl groups is 1. The smallest absolute Gasteiger partial charge is 0.313 e. The number of benzene rings is 3. The largest absolute Gasteiger partial charge is 0.508 e. The van der Waals surface area contributed by atoms with Crippen LogP contribution in [0.3, 0.4) is 0 Å². The number of nitrogens with zero attached hydrogens (tertiary/aromatic N) is 3. The van der Waals surface area contributed by atoms with Crippen LogP contribution in [0.25, 0.3) is 32.9 Å². The molecular weight excluding hydrogens is 495 g/mol. The monoisotopic (exact) mass is 522 g/mol. The first-order valence-corrected chi connectivity index (χ1v) is 13.0. The predicted molar refractivity (Wildman–Crippen MR) is 143 cm³/mol. The molecule has 3 heterocycles. The molecule has 1 atom stereocenters. The molecule has 2 saturated heterocycles. The number of rotatable bonds is 6. The van der Waals surface area contributed by atoms with Crippen LogP contribution in [0.4, 0.5) is 4.39 Å². The third-order valence-corrected chi connectivity index (χ3v) is 7.91. The average molecular weight is 523 g/mol. The van der Waals surface area contributed by atoms with E-state index >= 15 is 4.39 Å². The summed E-state index contributed by atoms with van der Waals surface area (Å²) in [6, 6.07) is 12.3. The first-order chi connectivity index (χ1) is 17.9. The zero-order valence-electron chi connectivity index (χ0n) is 20.5. The highest BCUT2D eigenvalue weighted by Gasteiger charge is 2.27. The fourth-order valence-electron chi connectivity index (χ4n) is 5.41. The molecular formula is C28H28ClFN4O3. The molecule has 0 saturated carbocycles. The van der Waals surface area contributed by atoms with Gasteiger partial charge in [0.2, 0.25) is 0 Å². The molecule has 0 unspecified atom stereocenters. The molecule has 6 rings (SSSR count). The van der Waals surface area contributed by atoms with E-state index in [2.05, 4.69) is 15.2 Å². The number of aromatic nitrogens is 2. The first kappa shape index (κ1) is 24.2. The van der Waals surface area contributed by atoms with Crippen LogP contribution in [-0.2, 0) is 6.54 Å². The maximum Gasteiger partial charge on any atom is 0.313 e. The maximum atomic E-state index is 16.4. The molecule has 2 fully saturated rings. The van der Waals surface area contributed by atoms with Gasteiger partial charge < -0.3 is 24.6 Å². The van der Waals surface area contributed by atoms with Crippen molar-refractivity contribution in [2.45, 2.75) is 25.4 Å². The van der Waals surface area contributed by atoms with Crippen molar-refractivity contribution >= 4 is 33.4 Å². The summed E-state index contributed by atoms with van der Waals surface area (Å²) < 4.78 is 23.9. The van der Waals surface area contributed by atoms with Crippen molar-refractivity contribution in [1.82, 2.24) is 19.8 Å². The van der Waals surface area contributed by atoms with Crippen molar-refractivity contribution < 1.29 is 14.2 Å². The fraction of sp³-hybridized carbons (Fsp3) is 0.357. The molecule has 9 heteroatoms. The number of halogens is 2. The minimum atomic E-state index is -0.651. The van der Waals surface area contributed by atoms with Crippen molar-refractivity contribution in [3.05, 3.63) is 63.7 Å². The molecule has 2 aliphatic heterocycles. The zero-order valence-corrected chi connectivity index (χ0v) is 21.3. The van der Waals surface area contributed by atoms with Gasteiger partial charge in [0, 0.05) is 37.2 Å². The molecule has 2 N–H and O–H groups in total. The van der Waals surface area contributed by atoms with Crippen LogP contribution in [0, 0.1) is 11.7 Å². The summed E-state index contributed by atoms with van der Waals surface area (Å²) in [4.78, 5) is 20.1. The number of hydrogen-bond donors (Lipinski definition) is 2. The lowest BCUT2D eigenvalue weighted by molar-refractivity contribution is 0.190. The van der Waals surface area contributed by atoms with E-state index in [0.717, 1.165) is 43.2 Å². The Morgan fingerprint density at radius 1 is 1.24 bits per heavy atom. The lowest BCUT2D eigenvalue weighted by Crippen LogP contribution is -2.45. The summed E-state index contributed by atoms with van der Waals surface area (Å²) in [6.45, 7) is 3.27. The van der Waals surface area contributed by atoms with Crippen LogP contribution in [-0.4, -0.2) is 58.9 Å². The van der Waals surface area contributed by atoms with Gasteiger partial charge in [0.1, 0.15) is 17.9 Å². The summed E-state index contributed by atoms with van der Waals surface area (Å²) in [7, 11) is 2.03. The summed E-state index contributed by atoms with van der Waals surface area (Å²) in [5.41, 5.74) is 0.557. The van der Waals surface area contributed by atoms with E-state index < -0.39 is 5.82 Å². The van der Waals surface area contributed by atoms with E-state index in [9.17, 15) is 9.90 Å². The molecule has 0 radical (unpaired) electrons. The number of ether oxygens (including phenoxy) is 1. The second-order valence-electron chi connectivity index (χ2n) is 10.1. The molecule has 2 aliphatic rings. The minimum Gasteiger partial charge on any atom is -0.508 e. The highest BCUT2D eigenvalue weighted by Crippen LogP contribution is 2.40. The van der Waals surface area contributed by atoms with Gasteiger partial charge in [-0.05, 0) is 61.0 Å². The normalized spacial score (nSPS) is 18.5. The number of phenolic OH excluding ortho intramolecular Hbond substituents is 1. The van der Waals surface area contributed by atoms with E-state index in [4.69, 9.17) is 16.3 Å². The van der Waals surface area contributed by atoms with Gasteiger partial charge in [-0.25, -0.2) is 9.37 Å². The van der Waals surface area contributed by atoms with Crippen LogP contribution in [0.5, 0.6) is 11.6 Å². The third-order valence-electron chi connectivity index (χ3n) is 7.61. The van der Waals surface area contributed by atoms with Gasteiger partial charge in [-0.15, -0.1) is 0 Å². The van der Waals surface area contributed by atoms with Gasteiger partial charge in [-0.1, -0.05) is 35.9 Å². The van der Waals surface area contributed by atoms with Crippen molar-refractivity contribution in [2.75, 3.05) is 33.3 Å². The number of nitrogens with one attached hydrogen (secondary N) is 1. The Hall–Kier alpha value is -3.20. The minimum absolute atomic E-state index is 0.00406. The molecule has 0 amide bonds. The summed E-state index contributed by atoms with van der Waals surface area (Å²) in [6.07, 6.45) is 2.05. The molecule has 4 aromatic rings. The quantitative estimate of drug-likeness (QED) is 0.390. The predicted octanol–water partition coefficient (Wildman–Crippen LogP) is 4.41. The van der Waals surface area contributed by atoms with Gasteiger partial charge in [-0.2, -0.15) is 0 Å². The lowest BCUT2D eigenvalue weighted by Gasteiger charge is -2.28. The molecule has 7 nitrogen and oxygen atoms in total. The van der Waals surface area contributed by atoms with E-state index in [1.54, 1.807) is 16.7 Å². The Kier molecular flexibility index (Phi) is 6.26. The van der Waals surface area contributed by atoms with Gasteiger partial charge in [-0.3, -0.25) is 4.79 Å². The third kappa shape index (κ3) is 4.33. The van der Waals surface area contributed by atoms with Gasteiger partial charge >= 0.3 is 5.56 Å². The molecule has 3 aromatic carbocycles. The average Bonchev–Trinajstić information content (AvgIpc) is 3.26. The Bertz CT molecular complexity index is 1570. The molecule has 0 aliphatic carbocycles. The van der Waals surface area contributed by atoms with E-state index in [-0.39, 0.29) is 45.3 Å². The van der Waals surface area contributed by atoms with Gasteiger partial charge in [0.05, 0.1) is 10.5 Å². The summed E-state index contributed by atoms with van der Waals surface area (Å²) >= 11 is 6.69. The van der Waals surface area contributed by atoms with Crippen LogP contribution in [0.2, 0.25) is 5.02 Å². The van der Waals surface area contributed by atoms with Crippen molar-refractivity contribution in [2.24, 2.45) is 5.92 Å².